The van der Waals surface area contributed by atoms with Gasteiger partial charge in [-0.1, -0.05) is 290 Å². The zero-order chi connectivity index (χ0) is 96.2. The van der Waals surface area contributed by atoms with Gasteiger partial charge in [-0.15, -0.1) is 0 Å². The van der Waals surface area contributed by atoms with Crippen molar-refractivity contribution < 1.29 is 27.4 Å². The maximum absolute atomic E-state index is 2.42. The Balaban J connectivity index is 0.000000124. The zero-order valence-corrected chi connectivity index (χ0v) is 85.7. The van der Waals surface area contributed by atoms with E-state index in [2.05, 4.69) is 509 Å². The van der Waals surface area contributed by atoms with E-state index in [9.17, 15) is 0 Å². The molecule has 2 fully saturated rings. The van der Waals surface area contributed by atoms with Crippen molar-refractivity contribution in [3.05, 3.63) is 395 Å². The lowest BCUT2D eigenvalue weighted by atomic mass is 9.87. The van der Waals surface area contributed by atoms with E-state index in [-0.39, 0.29) is 0 Å². The van der Waals surface area contributed by atoms with E-state index in [0.717, 1.165) is 31.1 Å². The molecule has 692 valence electrons. The van der Waals surface area contributed by atoms with Crippen molar-refractivity contribution in [2.45, 2.75) is 200 Å². The summed E-state index contributed by atoms with van der Waals surface area (Å²) in [6, 6.07) is 107. The molecule has 6 heteroatoms. The molecule has 0 spiro atoms. The fourth-order valence-electron chi connectivity index (χ4n) is 21.1. The first kappa shape index (κ1) is 97.6. The number of hydrogen-bond acceptors (Lipinski definition) is 0. The smallest absolute Gasteiger partial charge is 0.200 e. The Morgan fingerprint density at radius 3 is 0.809 bits per heavy atom. The molecule has 0 amide bonds. The number of rotatable bonds is 14. The van der Waals surface area contributed by atoms with Crippen LogP contribution in [0.25, 0.3) is 132 Å². The first-order valence-corrected chi connectivity index (χ1v) is 50.2. The molecule has 6 heterocycles. The van der Waals surface area contributed by atoms with Crippen molar-refractivity contribution in [3.8, 4) is 67.5 Å². The topological polar surface area (TPSA) is 23.3 Å². The van der Waals surface area contributed by atoms with E-state index in [1.54, 1.807) is 0 Å². The van der Waals surface area contributed by atoms with Crippen molar-refractivity contribution >= 4 is 64.6 Å². The molecule has 6 aromatic heterocycles. The Kier molecular flexibility index (Phi) is 31.2. The second-order valence-electron chi connectivity index (χ2n) is 42.5. The highest BCUT2D eigenvalue weighted by Gasteiger charge is 2.27. The molecule has 20 rings (SSSR count). The van der Waals surface area contributed by atoms with Crippen LogP contribution in [-0.2, 0) is 68.0 Å². The van der Waals surface area contributed by atoms with Crippen molar-refractivity contribution in [2.24, 2.45) is 65.0 Å². The van der Waals surface area contributed by atoms with E-state index in [4.69, 9.17) is 0 Å². The summed E-state index contributed by atoms with van der Waals surface area (Å²) in [5.41, 5.74) is 32.9. The molecular formula is C130H148N6+6. The number of nitrogens with zero attached hydrogens (tertiary/aromatic N) is 6. The monoisotopic (exact) mass is 1790 g/mol. The van der Waals surface area contributed by atoms with Gasteiger partial charge in [0.1, 0.15) is 42.3 Å². The highest BCUT2D eigenvalue weighted by atomic mass is 14.9. The van der Waals surface area contributed by atoms with Gasteiger partial charge in [0.2, 0.25) is 34.2 Å². The second-order valence-corrected chi connectivity index (χ2v) is 42.5. The Hall–Kier alpha value is -12.9. The van der Waals surface area contributed by atoms with Gasteiger partial charge in [0.25, 0.3) is 0 Å². The van der Waals surface area contributed by atoms with Gasteiger partial charge in [-0.2, -0.15) is 0 Å². The fraction of sp³-hybridized carbons (Fsp3) is 0.308. The lowest BCUT2D eigenvalue weighted by molar-refractivity contribution is -0.659. The number of hydrogen-bond donors (Lipinski definition) is 0. The van der Waals surface area contributed by atoms with Crippen LogP contribution in [0.4, 0.5) is 0 Å². The number of benzene rings is 12. The van der Waals surface area contributed by atoms with Crippen LogP contribution in [0.15, 0.2) is 328 Å². The summed E-state index contributed by atoms with van der Waals surface area (Å²) in [5, 5.41) is 16.0. The van der Waals surface area contributed by atoms with E-state index >= 15 is 0 Å². The van der Waals surface area contributed by atoms with Crippen LogP contribution >= 0.6 is 0 Å². The predicted octanol–water partition coefficient (Wildman–Crippen LogP) is 30.7. The first-order valence-electron chi connectivity index (χ1n) is 50.2. The minimum atomic E-state index is 0.311. The van der Waals surface area contributed by atoms with Crippen LogP contribution in [0.2, 0.25) is 0 Å². The number of aromatic nitrogens is 6. The molecule has 0 aliphatic heterocycles. The van der Waals surface area contributed by atoms with Gasteiger partial charge in [0.15, 0.2) is 37.2 Å². The average molecular weight is 1790 g/mol. The van der Waals surface area contributed by atoms with Crippen LogP contribution < -0.4 is 27.4 Å². The summed E-state index contributed by atoms with van der Waals surface area (Å²) >= 11 is 0. The second kappa shape index (κ2) is 43.4. The van der Waals surface area contributed by atoms with Gasteiger partial charge < -0.3 is 0 Å². The third kappa shape index (κ3) is 23.4. The Bertz CT molecular complexity index is 7150. The SMILES string of the molecule is Cc1ccccc1-c1c2ccc(C(C)C)cc2cc[n+]1C.Cc1ccccc1-c1c2ccc(C3CCCC3)cc2cc[n+]1C.Cc1ccccc1-c1c2ccc(CC(C)(C)C)cc2cc[n+]1C.Cc1ccccc1-c1c2ccc(CC(C)(C)C)cc2cc[n+]1C.Cc1ccccc1-c1c2ccc(CC(C)C)cc2cc[n+]1C.Cc1ccccc1-c1c2ccc(CC3CCCC3)cc2cc[n+]1C. The molecular weight excluding hydrogens is 1650 g/mol. The highest BCUT2D eigenvalue weighted by molar-refractivity contribution is 5.99. The number of aryl methyl sites for hydroxylation is 12. The van der Waals surface area contributed by atoms with Crippen LogP contribution in [0.3, 0.4) is 0 Å². The predicted molar refractivity (Wildman–Crippen MR) is 578 cm³/mol. The number of pyridine rings is 6. The van der Waals surface area contributed by atoms with Crippen molar-refractivity contribution in [2.75, 3.05) is 0 Å². The Morgan fingerprint density at radius 1 is 0.265 bits per heavy atom. The summed E-state index contributed by atoms with van der Waals surface area (Å²) in [6.45, 7) is 35.9. The standard InChI is InChI=1S/C23H26N.C22H24N.2C22H26N.C21H24N.C20H22N/c1-17-7-3-6-10-21(17)23-22-12-11-19(15-18-8-4-5-9-18)16-20(22)13-14-24(23)2;1-16-7-3-6-10-20(16)22-21-12-11-18(17-8-4-5-9-17)15-19(21)13-14-23(22)2;2*1-16-8-6-7-9-19(16)21-20-11-10-17(15-22(2,3)4)14-18(20)12-13-23(21)5;1-15(2)13-17-9-10-20-18(14-17)11-12-22(4)21(20)19-8-6-5-7-16(19)3;1-14(2)16-9-10-19-17(13-16)11-12-21(4)20(19)18-8-6-5-7-15(18)3/h3,6-7,10-14,16,18H,4-5,8-9,15H2,1-2H3;3,6-7,10-15,17H,4-5,8-9H2,1-2H3;2*6-14H,15H2,1-5H3;5-12,14-15H,13H2,1-4H3;5-14H,1-4H3/q6*+1. The van der Waals surface area contributed by atoms with E-state index < -0.39 is 0 Å². The molecule has 2 saturated carbocycles. The van der Waals surface area contributed by atoms with Gasteiger partial charge in [-0.25, -0.2) is 27.4 Å². The highest BCUT2D eigenvalue weighted by Crippen LogP contribution is 2.41. The first-order chi connectivity index (χ1) is 65.3. The van der Waals surface area contributed by atoms with Crippen LogP contribution in [0, 0.1) is 64.2 Å². The minimum Gasteiger partial charge on any atom is -0.200 e. The zero-order valence-electron chi connectivity index (χ0n) is 85.7. The molecule has 0 unspecified atom stereocenters. The van der Waals surface area contributed by atoms with Gasteiger partial charge in [-0.3, -0.25) is 0 Å². The number of fused-ring (bicyclic) bond motifs is 6. The molecule has 12 aromatic carbocycles. The summed E-state index contributed by atoms with van der Waals surface area (Å²) in [6.07, 6.45) is 28.8. The van der Waals surface area contributed by atoms with E-state index in [1.165, 1.54) is 257 Å². The molecule has 0 atom stereocenters. The summed E-state index contributed by atoms with van der Waals surface area (Å²) in [7, 11) is 12.8. The van der Waals surface area contributed by atoms with E-state index in [1.807, 2.05) is 0 Å². The molecule has 18 aromatic rings. The Morgan fingerprint density at radius 2 is 0.515 bits per heavy atom. The van der Waals surface area contributed by atoms with Crippen LogP contribution in [0.1, 0.15) is 199 Å². The van der Waals surface area contributed by atoms with Crippen LogP contribution in [-0.4, -0.2) is 0 Å². The third-order valence-corrected chi connectivity index (χ3v) is 28.1. The quantitative estimate of drug-likeness (QED) is 0.0969. The normalized spacial score (nSPS) is 12.9. The Labute approximate surface area is 813 Å². The van der Waals surface area contributed by atoms with Gasteiger partial charge >= 0.3 is 0 Å². The molecule has 0 bridgehead atoms. The van der Waals surface area contributed by atoms with Crippen molar-refractivity contribution in [1.82, 2.24) is 0 Å². The van der Waals surface area contributed by atoms with E-state index in [0.29, 0.717) is 22.7 Å². The summed E-state index contributed by atoms with van der Waals surface area (Å²) in [4.78, 5) is 0. The lowest BCUT2D eigenvalue weighted by Gasteiger charge is -2.18. The summed E-state index contributed by atoms with van der Waals surface area (Å²) < 4.78 is 13.4. The molecule has 6 nitrogen and oxygen atoms in total. The molecule has 0 radical (unpaired) electrons. The molecule has 136 heavy (non-hydrogen) atoms. The largest absolute Gasteiger partial charge is 0.220 e. The van der Waals surface area contributed by atoms with Gasteiger partial charge in [-0.05, 0) is 286 Å². The van der Waals surface area contributed by atoms with Gasteiger partial charge in [0, 0.05) is 69.8 Å². The molecule has 0 saturated heterocycles. The summed E-state index contributed by atoms with van der Waals surface area (Å²) in [5.74, 6) is 2.92. The maximum atomic E-state index is 2.42. The molecule has 2 aliphatic rings. The minimum absolute atomic E-state index is 0.311. The van der Waals surface area contributed by atoms with Crippen molar-refractivity contribution in [1.29, 1.82) is 0 Å². The van der Waals surface area contributed by atoms with Gasteiger partial charge in [0.05, 0.1) is 32.3 Å². The third-order valence-electron chi connectivity index (χ3n) is 28.1. The lowest BCUT2D eigenvalue weighted by Crippen LogP contribution is -2.30. The fourth-order valence-corrected chi connectivity index (χ4v) is 21.1. The van der Waals surface area contributed by atoms with Crippen molar-refractivity contribution in [3.63, 3.8) is 0 Å². The van der Waals surface area contributed by atoms with Crippen LogP contribution in [0.5, 0.6) is 0 Å². The molecule has 0 N–H and O–H groups in total. The average Bonchev–Trinajstić information content (AvgIpc) is 1.38. The maximum Gasteiger partial charge on any atom is 0.220 e. The molecule has 2 aliphatic carbocycles.